The first-order chi connectivity index (χ1) is 23.6. The van der Waals surface area contributed by atoms with E-state index in [4.69, 9.17) is 23.2 Å². The lowest BCUT2D eigenvalue weighted by molar-refractivity contribution is -0.139. The van der Waals surface area contributed by atoms with E-state index in [2.05, 4.69) is 15.6 Å². The number of rotatable bonds is 11. The highest BCUT2D eigenvalue weighted by atomic mass is 35.5. The van der Waals surface area contributed by atoms with Crippen molar-refractivity contribution in [3.05, 3.63) is 124 Å². The molecule has 0 radical (unpaired) electrons. The lowest BCUT2D eigenvalue weighted by Crippen LogP contribution is -2.49. The summed E-state index contributed by atoms with van der Waals surface area (Å²) < 4.78 is 0. The second-order valence-corrected chi connectivity index (χ2v) is 12.8. The van der Waals surface area contributed by atoms with Crippen LogP contribution in [0.1, 0.15) is 63.9 Å². The summed E-state index contributed by atoms with van der Waals surface area (Å²) in [6.45, 7) is 0.107. The van der Waals surface area contributed by atoms with Crippen molar-refractivity contribution in [1.82, 2.24) is 15.2 Å². The highest BCUT2D eigenvalue weighted by molar-refractivity contribution is 6.40. The van der Waals surface area contributed by atoms with Crippen LogP contribution in [0.3, 0.4) is 0 Å². The van der Waals surface area contributed by atoms with Gasteiger partial charge in [0.2, 0.25) is 0 Å². The van der Waals surface area contributed by atoms with E-state index >= 15 is 0 Å². The number of anilines is 2. The Kier molecular flexibility index (Phi) is 11.9. The molecule has 4 amide bonds. The number of carbonyl (C=O) groups is 4. The highest BCUT2D eigenvalue weighted by Crippen LogP contribution is 2.28. The number of benzene rings is 3. The third-order valence-corrected chi connectivity index (χ3v) is 9.20. The summed E-state index contributed by atoms with van der Waals surface area (Å²) in [5.41, 5.74) is 2.67. The SMILES string of the molecule is CN(C(=O)c1ccccc1N(Cc1ccccc1)C(=O)N[C@@H](Cc1ccc(NC(=O)c2c(Cl)cncc2Cl)cc1)C(=O)O)C1CCCCC1. The quantitative estimate of drug-likeness (QED) is 0.149. The number of nitrogens with one attached hydrogen (secondary N) is 2. The molecule has 254 valence electrons. The van der Waals surface area contributed by atoms with Gasteiger partial charge in [0.25, 0.3) is 11.8 Å². The van der Waals surface area contributed by atoms with E-state index in [1.165, 1.54) is 17.3 Å². The minimum absolute atomic E-state index is 0.0402. The highest BCUT2D eigenvalue weighted by Gasteiger charge is 2.30. The average Bonchev–Trinajstić information content (AvgIpc) is 3.11. The molecule has 1 fully saturated rings. The Labute approximate surface area is 295 Å². The zero-order valence-electron chi connectivity index (χ0n) is 26.9. The van der Waals surface area contributed by atoms with Crippen molar-refractivity contribution >= 4 is 58.4 Å². The van der Waals surface area contributed by atoms with Gasteiger partial charge in [-0.1, -0.05) is 97.1 Å². The molecule has 0 aliphatic heterocycles. The van der Waals surface area contributed by atoms with Crippen LogP contribution in [0.4, 0.5) is 16.2 Å². The van der Waals surface area contributed by atoms with E-state index in [0.29, 0.717) is 22.5 Å². The summed E-state index contributed by atoms with van der Waals surface area (Å²) in [4.78, 5) is 60.1. The van der Waals surface area contributed by atoms with E-state index in [1.807, 2.05) is 30.3 Å². The maximum atomic E-state index is 14.0. The van der Waals surface area contributed by atoms with Gasteiger partial charge in [-0.25, -0.2) is 9.59 Å². The first-order valence-corrected chi connectivity index (χ1v) is 16.8. The number of carboxylic acids is 1. The van der Waals surface area contributed by atoms with Gasteiger partial charge in [0.05, 0.1) is 33.4 Å². The number of carboxylic acid groups (broad SMARTS) is 1. The lowest BCUT2D eigenvalue weighted by Gasteiger charge is -2.33. The van der Waals surface area contributed by atoms with Crippen LogP contribution in [-0.4, -0.2) is 57.9 Å². The van der Waals surface area contributed by atoms with Crippen LogP contribution in [0.25, 0.3) is 0 Å². The van der Waals surface area contributed by atoms with Crippen LogP contribution in [0.5, 0.6) is 0 Å². The number of urea groups is 1. The molecule has 1 saturated carbocycles. The fourth-order valence-electron chi connectivity index (χ4n) is 5.96. The summed E-state index contributed by atoms with van der Waals surface area (Å²) >= 11 is 12.2. The molecular weight excluding hydrogens is 665 g/mol. The van der Waals surface area contributed by atoms with Gasteiger partial charge in [0.15, 0.2) is 0 Å². The van der Waals surface area contributed by atoms with Crippen LogP contribution in [0, 0.1) is 0 Å². The van der Waals surface area contributed by atoms with Crippen molar-refractivity contribution in [1.29, 1.82) is 0 Å². The van der Waals surface area contributed by atoms with Gasteiger partial charge < -0.3 is 20.6 Å². The molecule has 1 aromatic heterocycles. The van der Waals surface area contributed by atoms with Crippen LogP contribution >= 0.6 is 23.2 Å². The van der Waals surface area contributed by atoms with Crippen LogP contribution in [0.2, 0.25) is 10.0 Å². The molecule has 12 heteroatoms. The molecule has 10 nitrogen and oxygen atoms in total. The molecule has 0 bridgehead atoms. The normalized spacial score (nSPS) is 13.6. The summed E-state index contributed by atoms with van der Waals surface area (Å²) in [6.07, 6.45) is 7.74. The zero-order chi connectivity index (χ0) is 34.9. The average molecular weight is 703 g/mol. The molecule has 3 aromatic carbocycles. The van der Waals surface area contributed by atoms with Gasteiger partial charge in [-0.3, -0.25) is 19.5 Å². The number of halogens is 2. The van der Waals surface area contributed by atoms with Crippen molar-refractivity contribution < 1.29 is 24.3 Å². The molecule has 0 unspecified atom stereocenters. The first-order valence-electron chi connectivity index (χ1n) is 16.0. The molecule has 5 rings (SSSR count). The van der Waals surface area contributed by atoms with Gasteiger partial charge in [-0.05, 0) is 48.2 Å². The number of aliphatic carboxylic acids is 1. The van der Waals surface area contributed by atoms with E-state index in [1.54, 1.807) is 60.5 Å². The second-order valence-electron chi connectivity index (χ2n) is 12.0. The minimum atomic E-state index is -1.30. The number of nitrogens with zero attached hydrogens (tertiary/aromatic N) is 3. The van der Waals surface area contributed by atoms with Gasteiger partial charge >= 0.3 is 12.0 Å². The van der Waals surface area contributed by atoms with Crippen molar-refractivity contribution in [2.24, 2.45) is 0 Å². The van der Waals surface area contributed by atoms with Crippen LogP contribution in [-0.2, 0) is 17.8 Å². The maximum Gasteiger partial charge on any atom is 0.326 e. The summed E-state index contributed by atoms with van der Waals surface area (Å²) in [6, 6.07) is 20.9. The van der Waals surface area contributed by atoms with Crippen LogP contribution in [0.15, 0.2) is 91.3 Å². The number of carbonyl (C=O) groups excluding carboxylic acids is 3. The molecule has 0 spiro atoms. The standard InChI is InChI=1S/C37H37Cl2N5O5/c1-43(27-12-6-3-7-13-27)35(46)28-14-8-9-15-32(28)44(23-25-10-4-2-5-11-25)37(49)42-31(36(47)48)20-24-16-18-26(19-17-24)41-34(45)33-29(38)21-40-22-30(33)39/h2,4-5,8-11,14-19,21-22,27,31H,3,6-7,12-13,20,23H2,1H3,(H,41,45)(H,42,49)(H,47,48)/t31-/m0/s1. The third-order valence-electron chi connectivity index (χ3n) is 8.62. The van der Waals surface area contributed by atoms with E-state index < -0.39 is 23.9 Å². The molecular formula is C37H37Cl2N5O5. The van der Waals surface area contributed by atoms with Crippen molar-refractivity contribution in [3.8, 4) is 0 Å². The Morgan fingerprint density at radius 3 is 2.14 bits per heavy atom. The summed E-state index contributed by atoms with van der Waals surface area (Å²) in [5, 5.41) is 15.8. The van der Waals surface area contributed by atoms with E-state index in [0.717, 1.165) is 37.7 Å². The fraction of sp³-hybridized carbons (Fsp3) is 0.270. The molecule has 1 atom stereocenters. The predicted octanol–water partition coefficient (Wildman–Crippen LogP) is 7.46. The van der Waals surface area contributed by atoms with Crippen molar-refractivity contribution in [2.75, 3.05) is 17.3 Å². The largest absolute Gasteiger partial charge is 0.480 e. The van der Waals surface area contributed by atoms with Crippen molar-refractivity contribution in [2.45, 2.75) is 57.2 Å². The smallest absolute Gasteiger partial charge is 0.326 e. The Hall–Kier alpha value is -4.93. The number of para-hydroxylation sites is 1. The summed E-state index contributed by atoms with van der Waals surface area (Å²) in [5.74, 6) is -1.94. The number of hydrogen-bond donors (Lipinski definition) is 3. The minimum Gasteiger partial charge on any atom is -0.480 e. The van der Waals surface area contributed by atoms with E-state index in [-0.39, 0.29) is 40.5 Å². The molecule has 4 aromatic rings. The Bertz CT molecular complexity index is 1780. The predicted molar refractivity (Wildman–Crippen MR) is 190 cm³/mol. The second kappa shape index (κ2) is 16.5. The third kappa shape index (κ3) is 8.95. The lowest BCUT2D eigenvalue weighted by atomic mass is 9.94. The fourth-order valence-corrected chi connectivity index (χ4v) is 6.49. The Balaban J connectivity index is 1.35. The monoisotopic (exact) mass is 701 g/mol. The number of amides is 4. The number of pyridine rings is 1. The number of aromatic nitrogens is 1. The molecule has 0 saturated heterocycles. The molecule has 1 aliphatic rings. The van der Waals surface area contributed by atoms with Gasteiger partial charge in [0, 0.05) is 37.6 Å². The molecule has 49 heavy (non-hydrogen) atoms. The Morgan fingerprint density at radius 2 is 1.49 bits per heavy atom. The van der Waals surface area contributed by atoms with Gasteiger partial charge in [-0.2, -0.15) is 0 Å². The zero-order valence-corrected chi connectivity index (χ0v) is 28.5. The van der Waals surface area contributed by atoms with Crippen LogP contribution < -0.4 is 15.5 Å². The van der Waals surface area contributed by atoms with E-state index in [9.17, 15) is 24.3 Å². The topological polar surface area (TPSA) is 132 Å². The van der Waals surface area contributed by atoms with Gasteiger partial charge in [-0.15, -0.1) is 0 Å². The van der Waals surface area contributed by atoms with Crippen molar-refractivity contribution in [3.63, 3.8) is 0 Å². The maximum absolute atomic E-state index is 14.0. The molecule has 1 heterocycles. The summed E-state index contributed by atoms with van der Waals surface area (Å²) in [7, 11) is 1.80. The number of hydrogen-bond acceptors (Lipinski definition) is 5. The molecule has 1 aliphatic carbocycles. The first kappa shape index (κ1) is 35.4. The van der Waals surface area contributed by atoms with Gasteiger partial charge in [0.1, 0.15) is 6.04 Å². The molecule has 3 N–H and O–H groups in total. The Morgan fingerprint density at radius 1 is 0.857 bits per heavy atom.